The Balaban J connectivity index is 0. The van der Waals surface area contributed by atoms with E-state index in [0.717, 1.165) is 0 Å². The largest absolute Gasteiger partial charge is 2.00 e. The van der Waals surface area contributed by atoms with E-state index in [1.54, 1.807) is 6.92 Å². The number of halogens is 1. The van der Waals surface area contributed by atoms with Gasteiger partial charge in [-0.3, -0.25) is 4.57 Å². The summed E-state index contributed by atoms with van der Waals surface area (Å²) >= 11 is 4.53. The summed E-state index contributed by atoms with van der Waals surface area (Å²) in [7, 11) is -4.17. The molecule has 0 aliphatic carbocycles. The van der Waals surface area contributed by atoms with Gasteiger partial charge in [-0.1, -0.05) is 6.92 Å². The molecule has 0 aromatic heterocycles. The molecule has 1 atom stereocenters. The van der Waals surface area contributed by atoms with Crippen LogP contribution in [0.25, 0.3) is 0 Å². The van der Waals surface area contributed by atoms with Crippen LogP contribution in [-0.4, -0.2) is 55.5 Å². The van der Waals surface area contributed by atoms with Crippen LogP contribution in [-0.2, 0) is 13.2 Å². The first-order valence-electron chi connectivity index (χ1n) is 2.38. The smallest absolute Gasteiger partial charge is 0.755 e. The van der Waals surface area contributed by atoms with Crippen molar-refractivity contribution in [1.82, 2.24) is 0 Å². The molecule has 1 unspecified atom stereocenters. The quantitative estimate of drug-likeness (QED) is 0.566. The van der Waals surface area contributed by atoms with Crippen LogP contribution in [0.1, 0.15) is 13.3 Å². The Bertz CT molecular complexity index is 121. The fourth-order valence-electron chi connectivity index (χ4n) is 0.223. The van der Waals surface area contributed by atoms with Gasteiger partial charge in [-0.05, 0) is 6.42 Å². The predicted molar refractivity (Wildman–Crippen MR) is 36.5 cm³/mol. The Labute approximate surface area is 105 Å². The normalized spacial score (nSPS) is 15.5. The molecule has 0 aliphatic heterocycles. The Hall–Kier alpha value is 1.97. The van der Waals surface area contributed by atoms with Gasteiger partial charge in [0.05, 0.1) is 18.5 Å². The number of rotatable bonds is 4. The summed E-state index contributed by atoms with van der Waals surface area (Å²) in [6, 6.07) is 0. The van der Waals surface area contributed by atoms with E-state index in [9.17, 15) is 9.46 Å². The number of hydrogen-bond donors (Lipinski definition) is 0. The Kier molecular flexibility index (Phi) is 11.0. The minimum Gasteiger partial charge on any atom is -0.755 e. The SMILES string of the molecule is CCCOP(=O)([O-])OCl.[Ba+2]. The van der Waals surface area contributed by atoms with Crippen LogP contribution in [0, 0.1) is 0 Å². The van der Waals surface area contributed by atoms with E-state index in [-0.39, 0.29) is 55.5 Å². The summed E-state index contributed by atoms with van der Waals surface area (Å²) < 4.78 is 17.9. The molecule has 7 heteroatoms. The second-order valence-corrected chi connectivity index (χ2v) is 3.05. The summed E-state index contributed by atoms with van der Waals surface area (Å²) in [4.78, 5) is 10.2. The first-order valence-corrected chi connectivity index (χ1v) is 4.15. The Morgan fingerprint density at radius 2 is 2.20 bits per heavy atom. The van der Waals surface area contributed by atoms with Crippen molar-refractivity contribution >= 4 is 68.6 Å². The van der Waals surface area contributed by atoms with Crippen LogP contribution in [0.2, 0.25) is 0 Å². The molecule has 56 valence electrons. The third-order valence-corrected chi connectivity index (χ3v) is 1.71. The van der Waals surface area contributed by atoms with Crippen molar-refractivity contribution in [3.63, 3.8) is 0 Å². The minimum atomic E-state index is -4.17. The summed E-state index contributed by atoms with van der Waals surface area (Å²) in [6.45, 7) is 1.88. The van der Waals surface area contributed by atoms with Crippen molar-refractivity contribution in [3.8, 4) is 0 Å². The zero-order valence-electron chi connectivity index (χ0n) is 5.58. The molecule has 4 nitrogen and oxygen atoms in total. The van der Waals surface area contributed by atoms with E-state index in [1.165, 1.54) is 0 Å². The Morgan fingerprint density at radius 1 is 1.70 bits per heavy atom. The topological polar surface area (TPSA) is 58.6 Å². The van der Waals surface area contributed by atoms with Crippen LogP contribution >= 0.6 is 19.7 Å². The molecule has 0 bridgehead atoms. The zero-order valence-corrected chi connectivity index (χ0v) is 11.7. The first kappa shape index (κ1) is 14.5. The van der Waals surface area contributed by atoms with Gasteiger partial charge in [0.25, 0.3) is 7.82 Å². The van der Waals surface area contributed by atoms with E-state index in [0.29, 0.717) is 6.42 Å². The predicted octanol–water partition coefficient (Wildman–Crippen LogP) is 0.671. The maximum atomic E-state index is 10.2. The van der Waals surface area contributed by atoms with Crippen LogP contribution in [0.3, 0.4) is 0 Å². The third kappa shape index (κ3) is 8.07. The van der Waals surface area contributed by atoms with Gasteiger partial charge in [0.2, 0.25) is 0 Å². The zero-order chi connectivity index (χ0) is 7.33. The molecule has 0 heterocycles. The van der Waals surface area contributed by atoms with Crippen molar-refractivity contribution in [3.05, 3.63) is 0 Å². The van der Waals surface area contributed by atoms with E-state index in [4.69, 9.17) is 0 Å². The average Bonchev–Trinajstić information content (AvgIpc) is 1.84. The van der Waals surface area contributed by atoms with Crippen molar-refractivity contribution in [2.45, 2.75) is 13.3 Å². The summed E-state index contributed by atoms with van der Waals surface area (Å²) in [5.74, 6) is 0. The number of phosphoric acid groups is 1. The van der Waals surface area contributed by atoms with Crippen LogP contribution in [0.5, 0.6) is 0 Å². The van der Waals surface area contributed by atoms with E-state index >= 15 is 0 Å². The second-order valence-electron chi connectivity index (χ2n) is 1.35. The van der Waals surface area contributed by atoms with Gasteiger partial charge in [0.15, 0.2) is 0 Å². The van der Waals surface area contributed by atoms with Gasteiger partial charge in [0, 0.05) is 0 Å². The van der Waals surface area contributed by atoms with Crippen LogP contribution in [0.4, 0.5) is 0 Å². The van der Waals surface area contributed by atoms with E-state index in [1.807, 2.05) is 0 Å². The van der Waals surface area contributed by atoms with Gasteiger partial charge in [0.1, 0.15) is 0 Å². The fraction of sp³-hybridized carbons (Fsp3) is 1.00. The standard InChI is InChI=1S/C3H8ClO4P.Ba/c1-2-3-7-9(5,6)8-4;/h2-3H2,1H3,(H,5,6);/q;+2/p-1. The third-order valence-electron chi connectivity index (χ3n) is 0.538. The summed E-state index contributed by atoms with van der Waals surface area (Å²) in [5, 5.41) is 0. The molecule has 0 saturated carbocycles. The van der Waals surface area contributed by atoms with Crippen molar-refractivity contribution in [2.75, 3.05) is 6.61 Å². The number of phosphoric ester groups is 1. The molecule has 0 radical (unpaired) electrons. The molecule has 0 spiro atoms. The molecule has 10 heavy (non-hydrogen) atoms. The summed E-state index contributed by atoms with van der Waals surface area (Å²) in [5.41, 5.74) is 0. The van der Waals surface area contributed by atoms with Crippen molar-refractivity contribution in [2.24, 2.45) is 0 Å². The Morgan fingerprint density at radius 3 is 2.50 bits per heavy atom. The average molecular weight is 311 g/mol. The molecule has 0 fully saturated rings. The van der Waals surface area contributed by atoms with E-state index < -0.39 is 7.82 Å². The fourth-order valence-corrected chi connectivity index (χ4v) is 0.789. The van der Waals surface area contributed by atoms with Gasteiger partial charge in [-0.25, -0.2) is 4.08 Å². The first-order chi connectivity index (χ1) is 4.12. The summed E-state index contributed by atoms with van der Waals surface area (Å²) in [6.07, 6.45) is 0.604. The molecule has 0 saturated heterocycles. The van der Waals surface area contributed by atoms with Crippen LogP contribution in [0.15, 0.2) is 0 Å². The molecule has 0 amide bonds. The molecular weight excluding hydrogens is 304 g/mol. The monoisotopic (exact) mass is 311 g/mol. The minimum absolute atomic E-state index is 0. The molecule has 0 aromatic rings. The maximum Gasteiger partial charge on any atom is 2.00 e. The van der Waals surface area contributed by atoms with Gasteiger partial charge in [-0.15, -0.1) is 0 Å². The molecule has 0 aliphatic rings. The maximum absolute atomic E-state index is 10.2. The molecule has 0 N–H and O–H groups in total. The molecular formula is C3H7BaClO4P+. The molecule has 0 aromatic carbocycles. The van der Waals surface area contributed by atoms with Crippen LogP contribution < -0.4 is 4.89 Å². The number of hydrogen-bond acceptors (Lipinski definition) is 4. The second kappa shape index (κ2) is 7.61. The molecule has 0 rings (SSSR count). The van der Waals surface area contributed by atoms with Gasteiger partial charge < -0.3 is 9.42 Å². The van der Waals surface area contributed by atoms with Crippen molar-refractivity contribution < 1.29 is 18.1 Å². The van der Waals surface area contributed by atoms with E-state index in [2.05, 4.69) is 20.5 Å². The van der Waals surface area contributed by atoms with Gasteiger partial charge >= 0.3 is 48.9 Å². The van der Waals surface area contributed by atoms with Gasteiger partial charge in [-0.2, -0.15) is 0 Å². The van der Waals surface area contributed by atoms with Crippen molar-refractivity contribution in [1.29, 1.82) is 0 Å².